The third-order valence-corrected chi connectivity index (χ3v) is 7.09. The third-order valence-electron chi connectivity index (χ3n) is 5.34. The van der Waals surface area contributed by atoms with Gasteiger partial charge in [0.05, 0.1) is 23.5 Å². The molecule has 1 atom stereocenters. The maximum Gasteiger partial charge on any atom is 0.290 e. The second-order valence-electron chi connectivity index (χ2n) is 7.54. The van der Waals surface area contributed by atoms with E-state index in [-0.39, 0.29) is 29.2 Å². The minimum atomic E-state index is -3.21. The standard InChI is InChI=1S/C23H23NO6S/c1-2-29-18-9-7-16(8-10-18)14-24(17-11-12-31(27,28)15-17)23(26)22-13-20(25)19-5-3-4-6-21(19)30-22/h3-10,13,17H,2,11-12,14-15H2,1H3. The van der Waals surface area contributed by atoms with Crippen molar-refractivity contribution in [2.75, 3.05) is 18.1 Å². The summed E-state index contributed by atoms with van der Waals surface area (Å²) in [6, 6.07) is 14.7. The SMILES string of the molecule is CCOc1ccc(CN(C(=O)c2cc(=O)c3ccccc3o2)C2CCS(=O)(=O)C2)cc1. The van der Waals surface area contributed by atoms with Gasteiger partial charge in [-0.15, -0.1) is 0 Å². The van der Waals surface area contributed by atoms with E-state index in [0.717, 1.165) is 5.56 Å². The number of sulfone groups is 1. The zero-order valence-corrected chi connectivity index (χ0v) is 17.9. The number of rotatable bonds is 6. The first-order chi connectivity index (χ1) is 14.9. The summed E-state index contributed by atoms with van der Waals surface area (Å²) in [5, 5.41) is 0.389. The van der Waals surface area contributed by atoms with Crippen LogP contribution in [-0.2, 0) is 16.4 Å². The molecule has 0 radical (unpaired) electrons. The van der Waals surface area contributed by atoms with Crippen LogP contribution in [0, 0.1) is 0 Å². The highest BCUT2D eigenvalue weighted by atomic mass is 32.2. The molecule has 1 amide bonds. The zero-order chi connectivity index (χ0) is 22.0. The van der Waals surface area contributed by atoms with Crippen LogP contribution in [0.2, 0.25) is 0 Å². The van der Waals surface area contributed by atoms with Gasteiger partial charge in [0.15, 0.2) is 21.0 Å². The molecule has 2 aromatic carbocycles. The van der Waals surface area contributed by atoms with Crippen molar-refractivity contribution in [3.05, 3.63) is 76.1 Å². The van der Waals surface area contributed by atoms with E-state index in [1.807, 2.05) is 31.2 Å². The Hall–Kier alpha value is -3.13. The molecule has 0 saturated carbocycles. The number of hydrogen-bond acceptors (Lipinski definition) is 6. The largest absolute Gasteiger partial charge is 0.494 e. The van der Waals surface area contributed by atoms with Crippen molar-refractivity contribution in [2.24, 2.45) is 0 Å². The van der Waals surface area contributed by atoms with E-state index in [2.05, 4.69) is 0 Å². The molecule has 1 aliphatic heterocycles. The van der Waals surface area contributed by atoms with E-state index in [1.165, 1.54) is 11.0 Å². The number of benzene rings is 2. The topological polar surface area (TPSA) is 93.9 Å². The number of carbonyl (C=O) groups is 1. The number of carbonyl (C=O) groups excluding carboxylic acids is 1. The average Bonchev–Trinajstić information content (AvgIpc) is 3.12. The summed E-state index contributed by atoms with van der Waals surface area (Å²) in [6.07, 6.45) is 0.350. The van der Waals surface area contributed by atoms with Gasteiger partial charge in [0.2, 0.25) is 0 Å². The number of amides is 1. The van der Waals surface area contributed by atoms with E-state index in [1.54, 1.807) is 24.3 Å². The fraction of sp³-hybridized carbons (Fsp3) is 0.304. The molecule has 31 heavy (non-hydrogen) atoms. The Bertz CT molecular complexity index is 1260. The van der Waals surface area contributed by atoms with Gasteiger partial charge in [-0.3, -0.25) is 9.59 Å². The second-order valence-corrected chi connectivity index (χ2v) is 9.77. The van der Waals surface area contributed by atoms with Crippen molar-refractivity contribution in [2.45, 2.75) is 25.9 Å². The minimum Gasteiger partial charge on any atom is -0.494 e. The van der Waals surface area contributed by atoms with Gasteiger partial charge in [-0.1, -0.05) is 24.3 Å². The molecule has 1 unspecified atom stereocenters. The average molecular weight is 442 g/mol. The van der Waals surface area contributed by atoms with Crippen molar-refractivity contribution in [1.82, 2.24) is 4.90 Å². The van der Waals surface area contributed by atoms with E-state index in [9.17, 15) is 18.0 Å². The van der Waals surface area contributed by atoms with Gasteiger partial charge in [0.1, 0.15) is 11.3 Å². The van der Waals surface area contributed by atoms with E-state index >= 15 is 0 Å². The number of nitrogens with zero attached hydrogens (tertiary/aromatic N) is 1. The summed E-state index contributed by atoms with van der Waals surface area (Å²) in [4.78, 5) is 27.3. The normalized spacial score (nSPS) is 17.5. The number of hydrogen-bond donors (Lipinski definition) is 0. The Balaban J connectivity index is 1.68. The van der Waals surface area contributed by atoms with Crippen molar-refractivity contribution in [1.29, 1.82) is 0 Å². The fourth-order valence-corrected chi connectivity index (χ4v) is 5.52. The first-order valence-electron chi connectivity index (χ1n) is 10.1. The Morgan fingerprint density at radius 2 is 1.90 bits per heavy atom. The minimum absolute atomic E-state index is 0.0341. The highest BCUT2D eigenvalue weighted by Crippen LogP contribution is 2.24. The number of fused-ring (bicyclic) bond motifs is 1. The Labute approximate surface area is 180 Å². The van der Waals surface area contributed by atoms with Crippen LogP contribution in [0.25, 0.3) is 11.0 Å². The molecule has 2 heterocycles. The first kappa shape index (κ1) is 21.1. The van der Waals surface area contributed by atoms with Gasteiger partial charge < -0.3 is 14.1 Å². The van der Waals surface area contributed by atoms with E-state index in [0.29, 0.717) is 29.7 Å². The van der Waals surface area contributed by atoms with Crippen LogP contribution in [0.4, 0.5) is 0 Å². The maximum atomic E-state index is 13.4. The Kier molecular flexibility index (Phi) is 5.82. The van der Waals surface area contributed by atoms with Crippen molar-refractivity contribution < 1.29 is 22.4 Å². The highest BCUT2D eigenvalue weighted by molar-refractivity contribution is 7.91. The lowest BCUT2D eigenvalue weighted by molar-refractivity contribution is 0.0648. The maximum absolute atomic E-state index is 13.4. The van der Waals surface area contributed by atoms with Gasteiger partial charge in [0.25, 0.3) is 5.91 Å². The lowest BCUT2D eigenvalue weighted by Crippen LogP contribution is -2.40. The third kappa shape index (κ3) is 4.64. The van der Waals surface area contributed by atoms with Crippen molar-refractivity contribution in [3.8, 4) is 5.75 Å². The van der Waals surface area contributed by atoms with Crippen LogP contribution >= 0.6 is 0 Å². The van der Waals surface area contributed by atoms with Gasteiger partial charge in [-0.05, 0) is 43.2 Å². The molecule has 1 aliphatic rings. The summed E-state index contributed by atoms with van der Waals surface area (Å²) in [5.41, 5.74) is 0.827. The van der Waals surface area contributed by atoms with E-state index < -0.39 is 21.8 Å². The second kappa shape index (κ2) is 8.55. The summed E-state index contributed by atoms with van der Waals surface area (Å²) >= 11 is 0. The molecule has 0 spiro atoms. The van der Waals surface area contributed by atoms with Crippen molar-refractivity contribution in [3.63, 3.8) is 0 Å². The van der Waals surface area contributed by atoms with Gasteiger partial charge in [-0.2, -0.15) is 0 Å². The molecule has 3 aromatic rings. The molecular formula is C23H23NO6S. The monoisotopic (exact) mass is 441 g/mol. The van der Waals surface area contributed by atoms with Crippen LogP contribution in [0.5, 0.6) is 5.75 Å². The predicted octanol–water partition coefficient (Wildman–Crippen LogP) is 3.02. The lowest BCUT2D eigenvalue weighted by Gasteiger charge is -2.28. The van der Waals surface area contributed by atoms with Gasteiger partial charge >= 0.3 is 0 Å². The first-order valence-corrected chi connectivity index (χ1v) is 11.9. The quantitative estimate of drug-likeness (QED) is 0.584. The lowest BCUT2D eigenvalue weighted by atomic mass is 10.1. The zero-order valence-electron chi connectivity index (χ0n) is 17.1. The molecule has 0 N–H and O–H groups in total. The molecular weight excluding hydrogens is 418 g/mol. The van der Waals surface area contributed by atoms with Crippen molar-refractivity contribution >= 4 is 26.7 Å². The van der Waals surface area contributed by atoms with Crippen LogP contribution in [0.3, 0.4) is 0 Å². The van der Waals surface area contributed by atoms with Crippen LogP contribution in [0.15, 0.2) is 63.8 Å². The molecule has 0 aliphatic carbocycles. The molecule has 1 saturated heterocycles. The van der Waals surface area contributed by atoms with Crippen LogP contribution in [0.1, 0.15) is 29.5 Å². The molecule has 1 aromatic heterocycles. The fourth-order valence-electron chi connectivity index (χ4n) is 3.79. The number of ether oxygens (including phenoxy) is 1. The summed E-state index contributed by atoms with van der Waals surface area (Å²) in [6.45, 7) is 2.64. The molecule has 8 heteroatoms. The predicted molar refractivity (Wildman–Crippen MR) is 117 cm³/mol. The highest BCUT2D eigenvalue weighted by Gasteiger charge is 2.36. The molecule has 0 bridgehead atoms. The van der Waals surface area contributed by atoms with Crippen LogP contribution < -0.4 is 10.2 Å². The summed E-state index contributed by atoms with van der Waals surface area (Å²) in [7, 11) is -3.21. The summed E-state index contributed by atoms with van der Waals surface area (Å²) < 4.78 is 35.3. The van der Waals surface area contributed by atoms with Crippen LogP contribution in [-0.4, -0.2) is 43.4 Å². The van der Waals surface area contributed by atoms with Gasteiger partial charge in [-0.25, -0.2) is 8.42 Å². The number of para-hydroxylation sites is 1. The summed E-state index contributed by atoms with van der Waals surface area (Å²) in [5.74, 6) is 0.0471. The molecule has 4 rings (SSSR count). The molecule has 162 valence electrons. The molecule has 1 fully saturated rings. The van der Waals surface area contributed by atoms with Gasteiger partial charge in [0, 0.05) is 18.7 Å². The molecule has 7 nitrogen and oxygen atoms in total. The Morgan fingerprint density at radius 3 is 2.58 bits per heavy atom. The Morgan fingerprint density at radius 1 is 1.16 bits per heavy atom. The smallest absolute Gasteiger partial charge is 0.290 e. The van der Waals surface area contributed by atoms with E-state index in [4.69, 9.17) is 9.15 Å².